The maximum Gasteiger partial charge on any atom is 0.216 e. The first kappa shape index (κ1) is 13.4. The van der Waals surface area contributed by atoms with E-state index in [1.54, 1.807) is 0 Å². The number of aromatic nitrogens is 4. The number of hydrogen-bond acceptors (Lipinski definition) is 6. The molecule has 0 radical (unpaired) electrons. The lowest BCUT2D eigenvalue weighted by atomic mass is 10.2. The fraction of sp³-hybridized carbons (Fsp3) is 0.0909. The van der Waals surface area contributed by atoms with E-state index >= 15 is 0 Å². The van der Waals surface area contributed by atoms with Crippen LogP contribution in [0.3, 0.4) is 0 Å². The van der Waals surface area contributed by atoms with Crippen LogP contribution in [0.1, 0.15) is 5.82 Å². The average molecular weight is 278 g/mol. The lowest BCUT2D eigenvalue weighted by Gasteiger charge is -2.06. The molecule has 0 spiro atoms. The van der Waals surface area contributed by atoms with Crippen LogP contribution in [0, 0.1) is 23.0 Å². The van der Waals surface area contributed by atoms with Crippen molar-refractivity contribution in [1.29, 1.82) is 5.26 Å². The molecule has 7 nitrogen and oxygen atoms in total. The van der Waals surface area contributed by atoms with Crippen molar-refractivity contribution in [2.75, 3.05) is 12.4 Å². The molecule has 0 atom stereocenters. The summed E-state index contributed by atoms with van der Waals surface area (Å²) in [5.41, 5.74) is 0.277. The maximum absolute atomic E-state index is 13.3. The monoisotopic (exact) mass is 278 g/mol. The van der Waals surface area contributed by atoms with Crippen LogP contribution >= 0.6 is 0 Å². The van der Waals surface area contributed by atoms with E-state index < -0.39 is 11.6 Å². The van der Waals surface area contributed by atoms with Gasteiger partial charge in [0.25, 0.3) is 0 Å². The van der Waals surface area contributed by atoms with Gasteiger partial charge in [0.05, 0.1) is 7.11 Å². The molecule has 0 unspecified atom stereocenters. The molecule has 0 aliphatic carbocycles. The number of nitrogens with one attached hydrogen (secondary N) is 2. The Hall–Kier alpha value is -3.02. The number of aromatic amines is 1. The minimum Gasteiger partial charge on any atom is -0.493 e. The number of ether oxygens (including phenoxy) is 1. The van der Waals surface area contributed by atoms with Crippen LogP contribution in [0.2, 0.25) is 0 Å². The van der Waals surface area contributed by atoms with Gasteiger partial charge in [-0.05, 0) is 5.21 Å². The largest absolute Gasteiger partial charge is 0.493 e. The van der Waals surface area contributed by atoms with E-state index in [2.05, 4.69) is 25.9 Å². The normalized spacial score (nSPS) is 11.0. The summed E-state index contributed by atoms with van der Waals surface area (Å²) in [7, 11) is 1.22. The van der Waals surface area contributed by atoms with Crippen molar-refractivity contribution in [3.63, 3.8) is 0 Å². The number of allylic oxidation sites excluding steroid dienone is 1. The number of halogens is 2. The number of H-pyrrole nitrogens is 1. The summed E-state index contributed by atoms with van der Waals surface area (Å²) in [5, 5.41) is 24.3. The second-order valence-electron chi connectivity index (χ2n) is 3.52. The molecule has 0 amide bonds. The summed E-state index contributed by atoms with van der Waals surface area (Å²) in [4.78, 5) is 0. The topological polar surface area (TPSA) is 99.5 Å². The first-order chi connectivity index (χ1) is 9.65. The molecule has 0 saturated carbocycles. The molecule has 1 heterocycles. The zero-order valence-electron chi connectivity index (χ0n) is 10.2. The van der Waals surface area contributed by atoms with Crippen LogP contribution in [0.4, 0.5) is 14.5 Å². The number of hydrogen-bond donors (Lipinski definition) is 2. The number of anilines is 1. The summed E-state index contributed by atoms with van der Waals surface area (Å²) < 4.78 is 31.2. The fourth-order valence-corrected chi connectivity index (χ4v) is 1.37. The van der Waals surface area contributed by atoms with E-state index in [4.69, 9.17) is 10.00 Å². The predicted molar refractivity (Wildman–Crippen MR) is 64.3 cm³/mol. The second kappa shape index (κ2) is 5.75. The first-order valence-corrected chi connectivity index (χ1v) is 5.29. The molecule has 2 rings (SSSR count). The van der Waals surface area contributed by atoms with Crippen molar-refractivity contribution in [2.45, 2.75) is 0 Å². The third kappa shape index (κ3) is 2.69. The Balaban J connectivity index is 2.27. The van der Waals surface area contributed by atoms with Gasteiger partial charge in [-0.1, -0.05) is 0 Å². The Morgan fingerprint density at radius 1 is 1.50 bits per heavy atom. The van der Waals surface area contributed by atoms with Gasteiger partial charge in [-0.3, -0.25) is 0 Å². The van der Waals surface area contributed by atoms with Crippen molar-refractivity contribution in [2.24, 2.45) is 0 Å². The van der Waals surface area contributed by atoms with E-state index in [0.717, 1.165) is 6.07 Å². The van der Waals surface area contributed by atoms with E-state index in [1.165, 1.54) is 19.4 Å². The quantitative estimate of drug-likeness (QED) is 0.821. The lowest BCUT2D eigenvalue weighted by molar-refractivity contribution is 0.372. The molecule has 0 bridgehead atoms. The Labute approximate surface area is 111 Å². The van der Waals surface area contributed by atoms with E-state index in [1.807, 2.05) is 6.07 Å². The smallest absolute Gasteiger partial charge is 0.216 e. The van der Waals surface area contributed by atoms with E-state index in [9.17, 15) is 8.78 Å². The molecular formula is C11H8F2N6O. The maximum atomic E-state index is 13.3. The van der Waals surface area contributed by atoms with Crippen molar-refractivity contribution >= 4 is 11.3 Å². The molecule has 2 N–H and O–H groups in total. The highest BCUT2D eigenvalue weighted by molar-refractivity contribution is 5.74. The highest BCUT2D eigenvalue weighted by atomic mass is 19.2. The van der Waals surface area contributed by atoms with E-state index in [-0.39, 0.29) is 22.8 Å². The zero-order valence-corrected chi connectivity index (χ0v) is 10.2. The molecule has 0 aliphatic heterocycles. The zero-order chi connectivity index (χ0) is 14.5. The Morgan fingerprint density at radius 3 is 2.90 bits per heavy atom. The molecule has 1 aromatic carbocycles. The minimum atomic E-state index is -1.08. The SMILES string of the molecule is COc1cc(NC=C(C#N)c2nn[nH]n2)cc(F)c1F. The number of nitriles is 1. The number of methoxy groups -OCH3 is 1. The van der Waals surface area contributed by atoms with Crippen LogP contribution in [0.25, 0.3) is 5.57 Å². The van der Waals surface area contributed by atoms with Gasteiger partial charge in [0.2, 0.25) is 11.6 Å². The van der Waals surface area contributed by atoms with E-state index in [0.29, 0.717) is 0 Å². The Bertz CT molecular complexity index is 677. The molecular weight excluding hydrogens is 270 g/mol. The van der Waals surface area contributed by atoms with Gasteiger partial charge in [0.1, 0.15) is 11.6 Å². The molecule has 1 aromatic heterocycles. The van der Waals surface area contributed by atoms with Crippen LogP contribution < -0.4 is 10.1 Å². The van der Waals surface area contributed by atoms with Crippen molar-refractivity contribution in [3.8, 4) is 11.8 Å². The number of nitrogens with zero attached hydrogens (tertiary/aromatic N) is 4. The van der Waals surface area contributed by atoms with Crippen molar-refractivity contribution in [3.05, 3.63) is 35.8 Å². The number of benzene rings is 1. The van der Waals surface area contributed by atoms with Gasteiger partial charge in [-0.15, -0.1) is 10.2 Å². The first-order valence-electron chi connectivity index (χ1n) is 5.29. The average Bonchev–Trinajstić information content (AvgIpc) is 2.97. The molecule has 0 saturated heterocycles. The molecule has 102 valence electrons. The standard InChI is InChI=1S/C11H8F2N6O/c1-20-9-3-7(2-8(12)10(9)13)15-5-6(4-14)11-16-18-19-17-11/h2-3,5,15H,1H3,(H,16,17,18,19). The van der Waals surface area contributed by atoms with Crippen LogP contribution in [0.5, 0.6) is 5.75 Å². The summed E-state index contributed by atoms with van der Waals surface area (Å²) in [6, 6.07) is 4.02. The highest BCUT2D eigenvalue weighted by Gasteiger charge is 2.11. The van der Waals surface area contributed by atoms with Crippen LogP contribution in [-0.2, 0) is 0 Å². The Morgan fingerprint density at radius 2 is 2.30 bits per heavy atom. The molecule has 0 aliphatic rings. The molecule has 9 heteroatoms. The molecule has 2 aromatic rings. The van der Waals surface area contributed by atoms with Gasteiger partial charge in [-0.25, -0.2) is 4.39 Å². The van der Waals surface area contributed by atoms with Crippen LogP contribution in [-0.4, -0.2) is 27.7 Å². The van der Waals surface area contributed by atoms with Gasteiger partial charge in [0, 0.05) is 24.0 Å². The van der Waals surface area contributed by atoms with Gasteiger partial charge in [0.15, 0.2) is 11.6 Å². The fourth-order valence-electron chi connectivity index (χ4n) is 1.37. The summed E-state index contributed by atoms with van der Waals surface area (Å²) in [6.45, 7) is 0. The number of tetrazole rings is 1. The number of rotatable bonds is 4. The van der Waals surface area contributed by atoms with Gasteiger partial charge >= 0.3 is 0 Å². The third-order valence-electron chi connectivity index (χ3n) is 2.30. The minimum absolute atomic E-state index is 0.0717. The van der Waals surface area contributed by atoms with Crippen molar-refractivity contribution in [1.82, 2.24) is 20.6 Å². The summed E-state index contributed by atoms with van der Waals surface area (Å²) in [6.07, 6.45) is 1.25. The predicted octanol–water partition coefficient (Wildman–Crippen LogP) is 1.46. The summed E-state index contributed by atoms with van der Waals surface area (Å²) in [5.74, 6) is -2.33. The molecule has 0 fully saturated rings. The Kier molecular flexibility index (Phi) is 3.85. The van der Waals surface area contributed by atoms with Crippen molar-refractivity contribution < 1.29 is 13.5 Å². The third-order valence-corrected chi connectivity index (χ3v) is 2.30. The van der Waals surface area contributed by atoms with Gasteiger partial charge < -0.3 is 10.1 Å². The van der Waals surface area contributed by atoms with Crippen LogP contribution in [0.15, 0.2) is 18.3 Å². The second-order valence-corrected chi connectivity index (χ2v) is 3.52. The van der Waals surface area contributed by atoms with Gasteiger partial charge in [-0.2, -0.15) is 14.9 Å². The summed E-state index contributed by atoms with van der Waals surface area (Å²) >= 11 is 0. The lowest BCUT2D eigenvalue weighted by Crippen LogP contribution is -1.97. The molecule has 20 heavy (non-hydrogen) atoms. The highest BCUT2D eigenvalue weighted by Crippen LogP contribution is 2.25.